The highest BCUT2D eigenvalue weighted by Gasteiger charge is 2.26. The summed E-state index contributed by atoms with van der Waals surface area (Å²) in [5.41, 5.74) is 2.41. The summed E-state index contributed by atoms with van der Waals surface area (Å²) in [4.78, 5) is 0. The predicted molar refractivity (Wildman–Crippen MR) is 74.3 cm³/mol. The van der Waals surface area contributed by atoms with Gasteiger partial charge in [-0.1, -0.05) is 67.9 Å². The number of hydrogen-bond donors (Lipinski definition) is 0. The fourth-order valence-electron chi connectivity index (χ4n) is 2.09. The second-order valence-electron chi connectivity index (χ2n) is 4.46. The summed E-state index contributed by atoms with van der Waals surface area (Å²) >= 11 is 6.07. The molecular weight excluding hydrogens is 228 g/mol. The average molecular weight is 244 g/mol. The summed E-state index contributed by atoms with van der Waals surface area (Å²) in [6.45, 7) is 6.31. The van der Waals surface area contributed by atoms with E-state index in [-0.39, 0.29) is 5.41 Å². The zero-order valence-corrected chi connectivity index (χ0v) is 10.7. The molecular formula is C16H16Cl. The van der Waals surface area contributed by atoms with Crippen molar-refractivity contribution >= 4 is 11.6 Å². The van der Waals surface area contributed by atoms with Crippen molar-refractivity contribution in [2.24, 2.45) is 0 Å². The zero-order chi connectivity index (χ0) is 12.3. The Balaban J connectivity index is 2.52. The van der Waals surface area contributed by atoms with Crippen LogP contribution in [0.15, 0.2) is 54.6 Å². The molecule has 1 atom stereocenters. The Hall–Kier alpha value is -1.27. The summed E-state index contributed by atoms with van der Waals surface area (Å²) in [6.07, 6.45) is 0.803. The number of rotatable bonds is 3. The molecule has 2 rings (SSSR count). The Morgan fingerprint density at radius 2 is 1.65 bits per heavy atom. The smallest absolute Gasteiger partial charge is 0.0409 e. The normalized spacial score (nSPS) is 14.3. The van der Waals surface area contributed by atoms with E-state index < -0.39 is 0 Å². The second-order valence-corrected chi connectivity index (χ2v) is 4.89. The van der Waals surface area contributed by atoms with Gasteiger partial charge in [-0.2, -0.15) is 0 Å². The Labute approximate surface area is 108 Å². The molecule has 0 fully saturated rings. The first-order valence-electron chi connectivity index (χ1n) is 5.77. The number of hydrogen-bond acceptors (Lipinski definition) is 0. The van der Waals surface area contributed by atoms with Crippen LogP contribution in [0.5, 0.6) is 0 Å². The summed E-state index contributed by atoms with van der Waals surface area (Å²) in [7, 11) is 0. The second kappa shape index (κ2) is 4.93. The third kappa shape index (κ3) is 2.37. The van der Waals surface area contributed by atoms with E-state index in [1.54, 1.807) is 0 Å². The summed E-state index contributed by atoms with van der Waals surface area (Å²) in [5.74, 6) is 0. The van der Waals surface area contributed by atoms with Crippen LogP contribution in [-0.2, 0) is 5.41 Å². The molecule has 1 heteroatoms. The zero-order valence-electron chi connectivity index (χ0n) is 9.99. The van der Waals surface area contributed by atoms with E-state index in [1.807, 2.05) is 24.3 Å². The highest BCUT2D eigenvalue weighted by molar-refractivity contribution is 6.30. The summed E-state index contributed by atoms with van der Waals surface area (Å²) < 4.78 is 0. The largest absolute Gasteiger partial charge is 0.0843 e. The predicted octanol–water partition coefficient (Wildman–Crippen LogP) is 4.87. The molecule has 0 saturated carbocycles. The monoisotopic (exact) mass is 243 g/mol. The van der Waals surface area contributed by atoms with E-state index in [9.17, 15) is 0 Å². The molecule has 17 heavy (non-hydrogen) atoms. The minimum Gasteiger partial charge on any atom is -0.0843 e. The van der Waals surface area contributed by atoms with Crippen molar-refractivity contribution in [2.45, 2.75) is 18.8 Å². The van der Waals surface area contributed by atoms with Crippen molar-refractivity contribution in [3.8, 4) is 0 Å². The standard InChI is InChI=1S/C16H16Cl/c1-3-16(2,13-8-5-4-6-9-13)14-10-7-11-15(17)12-14/h4-12H,1,3H2,2H3. The van der Waals surface area contributed by atoms with E-state index in [2.05, 4.69) is 44.2 Å². The van der Waals surface area contributed by atoms with Crippen LogP contribution in [0.25, 0.3) is 0 Å². The third-order valence-corrected chi connectivity index (χ3v) is 3.61. The van der Waals surface area contributed by atoms with Crippen LogP contribution in [0.2, 0.25) is 5.02 Å². The molecule has 1 unspecified atom stereocenters. The van der Waals surface area contributed by atoms with Crippen molar-refractivity contribution in [1.29, 1.82) is 0 Å². The molecule has 0 spiro atoms. The average Bonchev–Trinajstić information content (AvgIpc) is 2.39. The minimum absolute atomic E-state index is 0.0772. The summed E-state index contributed by atoms with van der Waals surface area (Å²) in [6, 6.07) is 18.5. The minimum atomic E-state index is -0.0772. The van der Waals surface area contributed by atoms with Crippen molar-refractivity contribution in [2.75, 3.05) is 0 Å². The first-order valence-corrected chi connectivity index (χ1v) is 6.15. The van der Waals surface area contributed by atoms with Gasteiger partial charge in [-0.05, 0) is 29.7 Å². The quantitative estimate of drug-likeness (QED) is 0.722. The van der Waals surface area contributed by atoms with Crippen LogP contribution >= 0.6 is 11.6 Å². The SMILES string of the molecule is [CH2]CC(C)(c1ccccc1)c1cccc(Cl)c1. The van der Waals surface area contributed by atoms with Crippen LogP contribution in [-0.4, -0.2) is 0 Å². The molecule has 0 aliphatic heterocycles. The van der Waals surface area contributed by atoms with E-state index in [0.29, 0.717) is 0 Å². The molecule has 2 aromatic carbocycles. The molecule has 0 aliphatic carbocycles. The van der Waals surface area contributed by atoms with Gasteiger partial charge in [0.15, 0.2) is 0 Å². The first kappa shape index (κ1) is 12.2. The highest BCUT2D eigenvalue weighted by Crippen LogP contribution is 2.35. The molecule has 0 heterocycles. The van der Waals surface area contributed by atoms with Crippen molar-refractivity contribution in [3.05, 3.63) is 77.7 Å². The van der Waals surface area contributed by atoms with Gasteiger partial charge < -0.3 is 0 Å². The summed E-state index contributed by atoms with van der Waals surface area (Å²) in [5, 5.41) is 0.776. The van der Waals surface area contributed by atoms with Gasteiger partial charge in [0.1, 0.15) is 0 Å². The topological polar surface area (TPSA) is 0 Å². The molecule has 0 bridgehead atoms. The molecule has 0 amide bonds. The Morgan fingerprint density at radius 3 is 2.24 bits per heavy atom. The Kier molecular flexibility index (Phi) is 3.54. The molecule has 87 valence electrons. The lowest BCUT2D eigenvalue weighted by molar-refractivity contribution is 0.578. The molecule has 2 aromatic rings. The van der Waals surface area contributed by atoms with Gasteiger partial charge in [-0.3, -0.25) is 0 Å². The first-order chi connectivity index (χ1) is 8.16. The van der Waals surface area contributed by atoms with Crippen LogP contribution in [0, 0.1) is 6.92 Å². The van der Waals surface area contributed by atoms with Gasteiger partial charge in [0.05, 0.1) is 0 Å². The third-order valence-electron chi connectivity index (χ3n) is 3.37. The van der Waals surface area contributed by atoms with Crippen LogP contribution < -0.4 is 0 Å². The number of benzene rings is 2. The Bertz CT molecular complexity index is 490. The van der Waals surface area contributed by atoms with Gasteiger partial charge in [-0.25, -0.2) is 0 Å². The van der Waals surface area contributed by atoms with Gasteiger partial charge in [0.2, 0.25) is 0 Å². The molecule has 0 aromatic heterocycles. The van der Waals surface area contributed by atoms with Crippen molar-refractivity contribution in [3.63, 3.8) is 0 Å². The molecule has 0 nitrogen and oxygen atoms in total. The maximum atomic E-state index is 6.07. The van der Waals surface area contributed by atoms with Gasteiger partial charge in [-0.15, -0.1) is 0 Å². The van der Waals surface area contributed by atoms with E-state index in [0.717, 1.165) is 11.4 Å². The molecule has 0 saturated heterocycles. The van der Waals surface area contributed by atoms with Gasteiger partial charge in [0.25, 0.3) is 0 Å². The number of halogens is 1. The Morgan fingerprint density at radius 1 is 1.00 bits per heavy atom. The van der Waals surface area contributed by atoms with Gasteiger partial charge in [0, 0.05) is 10.4 Å². The van der Waals surface area contributed by atoms with Crippen LogP contribution in [0.3, 0.4) is 0 Å². The van der Waals surface area contributed by atoms with Crippen LogP contribution in [0.4, 0.5) is 0 Å². The lowest BCUT2D eigenvalue weighted by atomic mass is 9.74. The van der Waals surface area contributed by atoms with Crippen molar-refractivity contribution in [1.82, 2.24) is 0 Å². The molecule has 0 N–H and O–H groups in total. The van der Waals surface area contributed by atoms with E-state index in [4.69, 9.17) is 11.6 Å². The van der Waals surface area contributed by atoms with E-state index >= 15 is 0 Å². The maximum Gasteiger partial charge on any atom is 0.0409 e. The van der Waals surface area contributed by atoms with Gasteiger partial charge >= 0.3 is 0 Å². The fraction of sp³-hybridized carbons (Fsp3) is 0.188. The van der Waals surface area contributed by atoms with Crippen molar-refractivity contribution < 1.29 is 0 Å². The van der Waals surface area contributed by atoms with E-state index in [1.165, 1.54) is 11.1 Å². The lowest BCUT2D eigenvalue weighted by Gasteiger charge is -2.29. The molecule has 0 aliphatic rings. The van der Waals surface area contributed by atoms with Crippen LogP contribution in [0.1, 0.15) is 24.5 Å². The maximum absolute atomic E-state index is 6.07. The fourth-order valence-corrected chi connectivity index (χ4v) is 2.28. The molecule has 1 radical (unpaired) electrons. The highest BCUT2D eigenvalue weighted by atomic mass is 35.5. The lowest BCUT2D eigenvalue weighted by Crippen LogP contribution is -2.22.